The summed E-state index contributed by atoms with van der Waals surface area (Å²) in [7, 11) is 0. The molecular formula is C24H32N4O3. The molecule has 2 aliphatic rings. The highest BCUT2D eigenvalue weighted by molar-refractivity contribution is 5.73. The van der Waals surface area contributed by atoms with Gasteiger partial charge in [-0.1, -0.05) is 6.07 Å². The van der Waals surface area contributed by atoms with Gasteiger partial charge < -0.3 is 20.5 Å². The molecule has 2 aromatic heterocycles. The molecule has 3 heterocycles. The van der Waals surface area contributed by atoms with Gasteiger partial charge in [0.2, 0.25) is 0 Å². The molecule has 7 nitrogen and oxygen atoms in total. The number of ether oxygens (including phenoxy) is 1. The number of aromatic nitrogens is 2. The molecule has 0 radical (unpaired) electrons. The third kappa shape index (κ3) is 6.24. The Morgan fingerprint density at radius 1 is 1.26 bits per heavy atom. The first-order chi connectivity index (χ1) is 15.2. The van der Waals surface area contributed by atoms with Crippen LogP contribution in [0, 0.1) is 5.92 Å². The molecule has 2 aromatic rings. The summed E-state index contributed by atoms with van der Waals surface area (Å²) in [5.41, 5.74) is 3.53. The Morgan fingerprint density at radius 2 is 2.10 bits per heavy atom. The normalized spacial score (nSPS) is 20.9. The van der Waals surface area contributed by atoms with Crippen LogP contribution in [0.1, 0.15) is 48.9 Å². The van der Waals surface area contributed by atoms with Crippen LogP contribution in [0.15, 0.2) is 36.7 Å². The van der Waals surface area contributed by atoms with Crippen molar-refractivity contribution in [3.05, 3.63) is 53.5 Å². The summed E-state index contributed by atoms with van der Waals surface area (Å²) in [5, 5.41) is 15.9. The van der Waals surface area contributed by atoms with E-state index in [1.54, 1.807) is 12.4 Å². The Hall–Kier alpha value is -2.51. The van der Waals surface area contributed by atoms with Crippen molar-refractivity contribution in [2.45, 2.75) is 63.6 Å². The molecule has 0 bridgehead atoms. The van der Waals surface area contributed by atoms with Crippen LogP contribution in [-0.2, 0) is 28.9 Å². The number of aliphatic carboxylic acids is 1. The van der Waals surface area contributed by atoms with Crippen LogP contribution in [-0.4, -0.2) is 46.3 Å². The van der Waals surface area contributed by atoms with Crippen LogP contribution in [0.2, 0.25) is 0 Å². The van der Waals surface area contributed by atoms with Gasteiger partial charge in [-0.2, -0.15) is 0 Å². The molecule has 0 amide bonds. The van der Waals surface area contributed by atoms with E-state index in [1.165, 1.54) is 17.7 Å². The summed E-state index contributed by atoms with van der Waals surface area (Å²) in [6, 6.07) is 7.55. The Bertz CT molecular complexity index is 855. The van der Waals surface area contributed by atoms with Gasteiger partial charge in [0.05, 0.1) is 6.10 Å². The summed E-state index contributed by atoms with van der Waals surface area (Å²) in [6.07, 6.45) is 10.7. The van der Waals surface area contributed by atoms with E-state index < -0.39 is 12.0 Å². The van der Waals surface area contributed by atoms with E-state index in [4.69, 9.17) is 9.72 Å². The van der Waals surface area contributed by atoms with Gasteiger partial charge in [-0.3, -0.25) is 9.78 Å². The Labute approximate surface area is 183 Å². The summed E-state index contributed by atoms with van der Waals surface area (Å²) in [6.45, 7) is 2.00. The summed E-state index contributed by atoms with van der Waals surface area (Å²) in [4.78, 5) is 20.3. The fourth-order valence-corrected chi connectivity index (χ4v) is 4.31. The van der Waals surface area contributed by atoms with Gasteiger partial charge in [-0.05, 0) is 80.2 Å². The molecule has 3 N–H and O–H groups in total. The minimum atomic E-state index is -0.837. The maximum Gasteiger partial charge on any atom is 0.320 e. The average molecular weight is 425 g/mol. The fraction of sp³-hybridized carbons (Fsp3) is 0.542. The average Bonchev–Trinajstić information content (AvgIpc) is 2.77. The van der Waals surface area contributed by atoms with Crippen molar-refractivity contribution < 1.29 is 14.6 Å². The minimum Gasteiger partial charge on any atom is -0.480 e. The molecular weight excluding hydrogens is 392 g/mol. The predicted octanol–water partition coefficient (Wildman–Crippen LogP) is 3.20. The zero-order chi connectivity index (χ0) is 21.5. The van der Waals surface area contributed by atoms with Crippen LogP contribution in [0.4, 0.5) is 5.82 Å². The molecule has 1 saturated carbocycles. The van der Waals surface area contributed by atoms with E-state index in [1.807, 2.05) is 12.1 Å². The predicted molar refractivity (Wildman–Crippen MR) is 119 cm³/mol. The van der Waals surface area contributed by atoms with Gasteiger partial charge in [0, 0.05) is 37.8 Å². The minimum absolute atomic E-state index is 0.262. The third-order valence-electron chi connectivity index (χ3n) is 6.31. The molecule has 7 heteroatoms. The third-order valence-corrected chi connectivity index (χ3v) is 6.31. The molecule has 0 spiro atoms. The Balaban J connectivity index is 1.11. The lowest BCUT2D eigenvalue weighted by molar-refractivity contribution is -0.140. The van der Waals surface area contributed by atoms with Gasteiger partial charge in [0.25, 0.3) is 0 Å². The number of hydrogen-bond donors (Lipinski definition) is 3. The second-order valence-corrected chi connectivity index (χ2v) is 8.63. The van der Waals surface area contributed by atoms with Crippen molar-refractivity contribution in [1.82, 2.24) is 15.3 Å². The standard InChI is InChI=1S/C24H32N4O3/c29-24(30)22(27-16-17-7-11-25-12-8-17)9-13-31-21-14-18(15-21)3-5-20-6-4-19-2-1-10-26-23(19)28-20/h4,6-8,11-12,18,21-22,27H,1-3,5,9-10,13-16H2,(H,26,28)(H,29,30)/t18-,21-,22-/m1/s1. The van der Waals surface area contributed by atoms with Crippen molar-refractivity contribution in [3.63, 3.8) is 0 Å². The number of nitrogens with zero attached hydrogens (tertiary/aromatic N) is 2. The maximum absolute atomic E-state index is 11.5. The smallest absolute Gasteiger partial charge is 0.320 e. The summed E-state index contributed by atoms with van der Waals surface area (Å²) >= 11 is 0. The first-order valence-electron chi connectivity index (χ1n) is 11.4. The highest BCUT2D eigenvalue weighted by Gasteiger charge is 2.30. The topological polar surface area (TPSA) is 96.4 Å². The van der Waals surface area contributed by atoms with Gasteiger partial charge in [-0.25, -0.2) is 4.98 Å². The Morgan fingerprint density at radius 3 is 2.90 bits per heavy atom. The fourth-order valence-electron chi connectivity index (χ4n) is 4.31. The highest BCUT2D eigenvalue weighted by atomic mass is 16.5. The molecule has 0 saturated heterocycles. The first kappa shape index (κ1) is 21.7. The van der Waals surface area contributed by atoms with Crippen molar-refractivity contribution in [2.75, 3.05) is 18.5 Å². The first-order valence-corrected chi connectivity index (χ1v) is 11.4. The number of carbonyl (C=O) groups is 1. The van der Waals surface area contributed by atoms with Crippen molar-refractivity contribution in [1.29, 1.82) is 0 Å². The SMILES string of the molecule is O=C(O)[C@@H](CCO[C@H]1C[C@H](CCc2ccc3c(n2)NCCC3)C1)NCc1ccncc1. The maximum atomic E-state index is 11.5. The Kier molecular flexibility index (Phi) is 7.48. The van der Waals surface area contributed by atoms with Crippen LogP contribution in [0.5, 0.6) is 0 Å². The lowest BCUT2D eigenvalue weighted by Gasteiger charge is -2.35. The molecule has 166 valence electrons. The van der Waals surface area contributed by atoms with Crippen LogP contribution >= 0.6 is 0 Å². The molecule has 31 heavy (non-hydrogen) atoms. The molecule has 0 unspecified atom stereocenters. The van der Waals surface area contributed by atoms with Crippen molar-refractivity contribution in [2.24, 2.45) is 5.92 Å². The van der Waals surface area contributed by atoms with Crippen LogP contribution in [0.3, 0.4) is 0 Å². The van der Waals surface area contributed by atoms with Crippen LogP contribution in [0.25, 0.3) is 0 Å². The van der Waals surface area contributed by atoms with E-state index in [2.05, 4.69) is 27.8 Å². The molecule has 1 aliphatic heterocycles. The number of pyridine rings is 2. The van der Waals surface area contributed by atoms with E-state index in [0.29, 0.717) is 25.5 Å². The number of nitrogens with one attached hydrogen (secondary N) is 2. The summed E-state index contributed by atoms with van der Waals surface area (Å²) in [5.74, 6) is 0.913. The molecule has 1 atom stereocenters. The number of anilines is 1. The molecule has 1 aliphatic carbocycles. The molecule has 0 aromatic carbocycles. The zero-order valence-corrected chi connectivity index (χ0v) is 17.9. The number of rotatable bonds is 11. The number of hydrogen-bond acceptors (Lipinski definition) is 6. The number of carboxylic acids is 1. The second-order valence-electron chi connectivity index (χ2n) is 8.63. The van der Waals surface area contributed by atoms with Gasteiger partial charge in [-0.15, -0.1) is 0 Å². The summed E-state index contributed by atoms with van der Waals surface area (Å²) < 4.78 is 5.93. The van der Waals surface area contributed by atoms with E-state index in [0.717, 1.165) is 50.0 Å². The zero-order valence-electron chi connectivity index (χ0n) is 17.9. The highest BCUT2D eigenvalue weighted by Crippen LogP contribution is 2.34. The number of fused-ring (bicyclic) bond motifs is 1. The van der Waals surface area contributed by atoms with Gasteiger partial charge in [0.15, 0.2) is 0 Å². The van der Waals surface area contributed by atoms with Gasteiger partial charge in [0.1, 0.15) is 11.9 Å². The van der Waals surface area contributed by atoms with Crippen molar-refractivity contribution in [3.8, 4) is 0 Å². The van der Waals surface area contributed by atoms with Crippen molar-refractivity contribution >= 4 is 11.8 Å². The van der Waals surface area contributed by atoms with Gasteiger partial charge >= 0.3 is 5.97 Å². The molecule has 1 fully saturated rings. The second kappa shape index (κ2) is 10.7. The van der Waals surface area contributed by atoms with Crippen LogP contribution < -0.4 is 10.6 Å². The number of aryl methyl sites for hydroxylation is 2. The monoisotopic (exact) mass is 424 g/mol. The van der Waals surface area contributed by atoms with E-state index >= 15 is 0 Å². The van der Waals surface area contributed by atoms with E-state index in [-0.39, 0.29) is 6.10 Å². The van der Waals surface area contributed by atoms with E-state index in [9.17, 15) is 9.90 Å². The number of carboxylic acid groups (broad SMARTS) is 1. The quantitative estimate of drug-likeness (QED) is 0.510. The largest absolute Gasteiger partial charge is 0.480 e. The molecule has 4 rings (SSSR count). The lowest BCUT2D eigenvalue weighted by atomic mass is 9.79. The lowest BCUT2D eigenvalue weighted by Crippen LogP contribution is -2.38.